The molecule has 0 spiro atoms. The standard InChI is InChI=1S/C15H16N4S/c1-9-5-4-6-14(10(9)2)19-11(3)12(7-17-19)13-8-20-15(16)18-13/h4-8H,1-3H3,(H2,16,18). The summed E-state index contributed by atoms with van der Waals surface area (Å²) in [6, 6.07) is 6.25. The first-order valence-electron chi connectivity index (χ1n) is 6.40. The van der Waals surface area contributed by atoms with Crippen molar-refractivity contribution in [3.63, 3.8) is 0 Å². The van der Waals surface area contributed by atoms with Gasteiger partial charge in [0.25, 0.3) is 0 Å². The van der Waals surface area contributed by atoms with Crippen LogP contribution < -0.4 is 5.73 Å². The van der Waals surface area contributed by atoms with Crippen molar-refractivity contribution in [2.24, 2.45) is 0 Å². The highest BCUT2D eigenvalue weighted by molar-refractivity contribution is 7.13. The van der Waals surface area contributed by atoms with Crippen LogP contribution in [0.3, 0.4) is 0 Å². The van der Waals surface area contributed by atoms with E-state index in [1.807, 2.05) is 16.3 Å². The number of hydrogen-bond donors (Lipinski definition) is 1. The van der Waals surface area contributed by atoms with E-state index in [0.29, 0.717) is 5.13 Å². The number of nitrogens with two attached hydrogens (primary N) is 1. The van der Waals surface area contributed by atoms with E-state index in [9.17, 15) is 0 Å². The number of thiazole rings is 1. The summed E-state index contributed by atoms with van der Waals surface area (Å²) in [6.45, 7) is 6.28. The molecule has 0 atom stereocenters. The van der Waals surface area contributed by atoms with E-state index in [1.165, 1.54) is 22.5 Å². The van der Waals surface area contributed by atoms with Crippen LogP contribution in [0.1, 0.15) is 16.8 Å². The highest BCUT2D eigenvalue weighted by Gasteiger charge is 2.14. The molecule has 1 aromatic carbocycles. The Morgan fingerprint density at radius 1 is 1.20 bits per heavy atom. The van der Waals surface area contributed by atoms with Crippen molar-refractivity contribution in [3.05, 3.63) is 46.6 Å². The molecule has 0 amide bonds. The molecule has 0 saturated carbocycles. The minimum absolute atomic E-state index is 0.582. The van der Waals surface area contributed by atoms with Gasteiger partial charge in [-0.05, 0) is 38.0 Å². The fourth-order valence-corrected chi connectivity index (χ4v) is 2.84. The number of hydrogen-bond acceptors (Lipinski definition) is 4. The number of benzene rings is 1. The molecule has 0 aliphatic heterocycles. The molecule has 0 bridgehead atoms. The Morgan fingerprint density at radius 2 is 2.00 bits per heavy atom. The molecule has 3 aromatic rings. The number of aromatic nitrogens is 3. The lowest BCUT2D eigenvalue weighted by atomic mass is 10.1. The summed E-state index contributed by atoms with van der Waals surface area (Å²) in [6.07, 6.45) is 1.85. The van der Waals surface area contributed by atoms with Crippen LogP contribution in [0.5, 0.6) is 0 Å². The SMILES string of the molecule is Cc1cccc(-n2ncc(-c3csc(N)n3)c2C)c1C. The van der Waals surface area contributed by atoms with Crippen LogP contribution in [0.15, 0.2) is 29.8 Å². The van der Waals surface area contributed by atoms with Crippen molar-refractivity contribution in [3.8, 4) is 16.9 Å². The molecule has 102 valence electrons. The van der Waals surface area contributed by atoms with E-state index in [1.54, 1.807) is 0 Å². The molecular formula is C15H16N4S. The third-order valence-electron chi connectivity index (χ3n) is 3.61. The van der Waals surface area contributed by atoms with Gasteiger partial charge in [-0.15, -0.1) is 11.3 Å². The molecule has 20 heavy (non-hydrogen) atoms. The van der Waals surface area contributed by atoms with Gasteiger partial charge in [0.2, 0.25) is 0 Å². The lowest BCUT2D eigenvalue weighted by Gasteiger charge is -2.10. The average molecular weight is 284 g/mol. The monoisotopic (exact) mass is 284 g/mol. The highest BCUT2D eigenvalue weighted by Crippen LogP contribution is 2.28. The molecule has 5 heteroatoms. The number of anilines is 1. The normalized spacial score (nSPS) is 10.9. The molecule has 0 aliphatic rings. The highest BCUT2D eigenvalue weighted by atomic mass is 32.1. The summed E-state index contributed by atoms with van der Waals surface area (Å²) in [5.74, 6) is 0. The maximum atomic E-state index is 5.71. The Bertz CT molecular complexity index is 770. The summed E-state index contributed by atoms with van der Waals surface area (Å²) >= 11 is 1.45. The summed E-state index contributed by atoms with van der Waals surface area (Å²) < 4.78 is 1.97. The van der Waals surface area contributed by atoms with Gasteiger partial charge in [0.1, 0.15) is 0 Å². The van der Waals surface area contributed by atoms with Gasteiger partial charge >= 0.3 is 0 Å². The maximum Gasteiger partial charge on any atom is 0.180 e. The lowest BCUT2D eigenvalue weighted by molar-refractivity contribution is 0.839. The van der Waals surface area contributed by atoms with Crippen molar-refractivity contribution in [2.45, 2.75) is 20.8 Å². The number of nitrogen functional groups attached to an aromatic ring is 1. The smallest absolute Gasteiger partial charge is 0.180 e. The quantitative estimate of drug-likeness (QED) is 0.783. The van der Waals surface area contributed by atoms with Gasteiger partial charge < -0.3 is 5.73 Å². The Hall–Kier alpha value is -2.14. The molecule has 0 unspecified atom stereocenters. The topological polar surface area (TPSA) is 56.7 Å². The largest absolute Gasteiger partial charge is 0.375 e. The zero-order valence-electron chi connectivity index (χ0n) is 11.7. The third-order valence-corrected chi connectivity index (χ3v) is 4.29. The predicted molar refractivity (Wildman–Crippen MR) is 83.3 cm³/mol. The Kier molecular flexibility index (Phi) is 3.06. The van der Waals surface area contributed by atoms with Gasteiger partial charge in [-0.1, -0.05) is 12.1 Å². The van der Waals surface area contributed by atoms with Crippen molar-refractivity contribution in [1.82, 2.24) is 14.8 Å². The predicted octanol–water partition coefficient (Wildman–Crippen LogP) is 3.50. The van der Waals surface area contributed by atoms with Crippen LogP contribution in [-0.4, -0.2) is 14.8 Å². The molecule has 0 saturated heterocycles. The number of aryl methyl sites for hydroxylation is 1. The molecule has 3 rings (SSSR count). The van der Waals surface area contributed by atoms with Crippen molar-refractivity contribution < 1.29 is 0 Å². The van der Waals surface area contributed by atoms with E-state index >= 15 is 0 Å². The van der Waals surface area contributed by atoms with Gasteiger partial charge in [0.15, 0.2) is 5.13 Å². The van der Waals surface area contributed by atoms with E-state index < -0.39 is 0 Å². The fourth-order valence-electron chi connectivity index (χ4n) is 2.28. The van der Waals surface area contributed by atoms with Crippen LogP contribution in [0.4, 0.5) is 5.13 Å². The molecule has 0 fully saturated rings. The second kappa shape index (κ2) is 4.76. The molecule has 0 radical (unpaired) electrons. The Morgan fingerprint density at radius 3 is 2.70 bits per heavy atom. The van der Waals surface area contributed by atoms with Crippen molar-refractivity contribution >= 4 is 16.5 Å². The zero-order valence-corrected chi connectivity index (χ0v) is 12.5. The summed E-state index contributed by atoms with van der Waals surface area (Å²) in [5.41, 5.74) is 12.3. The summed E-state index contributed by atoms with van der Waals surface area (Å²) in [4.78, 5) is 4.33. The second-order valence-corrected chi connectivity index (χ2v) is 5.74. The van der Waals surface area contributed by atoms with Crippen LogP contribution in [-0.2, 0) is 0 Å². The van der Waals surface area contributed by atoms with E-state index in [-0.39, 0.29) is 0 Å². The van der Waals surface area contributed by atoms with Crippen LogP contribution in [0.2, 0.25) is 0 Å². The van der Waals surface area contributed by atoms with Crippen molar-refractivity contribution in [1.29, 1.82) is 0 Å². The Balaban J connectivity index is 2.13. The number of rotatable bonds is 2. The molecular weight excluding hydrogens is 268 g/mol. The van der Waals surface area contributed by atoms with Crippen LogP contribution in [0.25, 0.3) is 16.9 Å². The first kappa shape index (κ1) is 12.9. The first-order chi connectivity index (χ1) is 9.58. The minimum atomic E-state index is 0.582. The average Bonchev–Trinajstić information content (AvgIpc) is 2.99. The van der Waals surface area contributed by atoms with E-state index in [4.69, 9.17) is 5.73 Å². The Labute approximate surface area is 121 Å². The molecule has 4 nitrogen and oxygen atoms in total. The van der Waals surface area contributed by atoms with E-state index in [2.05, 4.69) is 49.1 Å². The second-order valence-electron chi connectivity index (χ2n) is 4.85. The molecule has 2 aromatic heterocycles. The van der Waals surface area contributed by atoms with Crippen LogP contribution in [0, 0.1) is 20.8 Å². The first-order valence-corrected chi connectivity index (χ1v) is 7.28. The molecule has 0 aliphatic carbocycles. The van der Waals surface area contributed by atoms with Gasteiger partial charge in [0, 0.05) is 10.9 Å². The third kappa shape index (κ3) is 2.00. The fraction of sp³-hybridized carbons (Fsp3) is 0.200. The number of nitrogens with zero attached hydrogens (tertiary/aromatic N) is 3. The minimum Gasteiger partial charge on any atom is -0.375 e. The van der Waals surface area contributed by atoms with Crippen LogP contribution >= 0.6 is 11.3 Å². The zero-order chi connectivity index (χ0) is 14.3. The molecule has 2 heterocycles. The van der Waals surface area contributed by atoms with Gasteiger partial charge in [0.05, 0.1) is 23.3 Å². The van der Waals surface area contributed by atoms with Crippen molar-refractivity contribution in [2.75, 3.05) is 5.73 Å². The summed E-state index contributed by atoms with van der Waals surface area (Å²) in [5, 5.41) is 7.06. The summed E-state index contributed by atoms with van der Waals surface area (Å²) in [7, 11) is 0. The maximum absolute atomic E-state index is 5.71. The van der Waals surface area contributed by atoms with Gasteiger partial charge in [-0.2, -0.15) is 5.10 Å². The van der Waals surface area contributed by atoms with Gasteiger partial charge in [-0.3, -0.25) is 0 Å². The van der Waals surface area contributed by atoms with E-state index in [0.717, 1.165) is 22.6 Å². The van der Waals surface area contributed by atoms with Gasteiger partial charge in [-0.25, -0.2) is 9.67 Å². The lowest BCUT2D eigenvalue weighted by Crippen LogP contribution is -2.02. The molecule has 2 N–H and O–H groups in total.